The van der Waals surface area contributed by atoms with Crippen LogP contribution in [0.4, 0.5) is 17.6 Å². The zero-order valence-corrected chi connectivity index (χ0v) is 11.8. The molecule has 1 aromatic carbocycles. The summed E-state index contributed by atoms with van der Waals surface area (Å²) in [7, 11) is 3.26. The van der Waals surface area contributed by atoms with Gasteiger partial charge in [-0.1, -0.05) is 6.07 Å². The van der Waals surface area contributed by atoms with Crippen LogP contribution in [0.5, 0.6) is 6.01 Å². The fourth-order valence-corrected chi connectivity index (χ4v) is 1.90. The summed E-state index contributed by atoms with van der Waals surface area (Å²) < 4.78 is 5.03. The number of nitrogens with one attached hydrogen (secondary N) is 2. The molecule has 0 unspecified atom stereocenters. The predicted molar refractivity (Wildman–Crippen MR) is 77.4 cm³/mol. The minimum absolute atomic E-state index is 0.267. The quantitative estimate of drug-likeness (QED) is 0.813. The third kappa shape index (κ3) is 3.47. The van der Waals surface area contributed by atoms with Crippen molar-refractivity contribution >= 4 is 29.3 Å². The zero-order valence-electron chi connectivity index (χ0n) is 11.0. The van der Waals surface area contributed by atoms with Gasteiger partial charge in [-0.25, -0.2) is 0 Å². The third-order valence-corrected chi connectivity index (χ3v) is 3.07. The number of methoxy groups -OCH3 is 1. The summed E-state index contributed by atoms with van der Waals surface area (Å²) in [6.45, 7) is 0. The lowest BCUT2D eigenvalue weighted by Crippen LogP contribution is -2.05. The molecule has 2 N–H and O–H groups in total. The van der Waals surface area contributed by atoms with Gasteiger partial charge >= 0.3 is 6.01 Å². The van der Waals surface area contributed by atoms with Crippen LogP contribution in [0.1, 0.15) is 0 Å². The van der Waals surface area contributed by atoms with Crippen LogP contribution in [-0.4, -0.2) is 35.4 Å². The number of hydrogen-bond acceptors (Lipinski definition) is 7. The molecule has 7 heteroatoms. The summed E-state index contributed by atoms with van der Waals surface area (Å²) in [6, 6.07) is 8.27. The molecule has 1 heterocycles. The molecule has 0 aliphatic heterocycles. The van der Waals surface area contributed by atoms with Crippen molar-refractivity contribution in [3.8, 4) is 6.01 Å². The SMILES string of the molecule is CNc1nc(Nc2cccc(SC)c2)nc(OC)n1. The number of aromatic nitrogens is 3. The van der Waals surface area contributed by atoms with Gasteiger partial charge in [0.1, 0.15) is 0 Å². The molecular formula is C12H15N5OS. The number of rotatable bonds is 5. The van der Waals surface area contributed by atoms with E-state index in [1.165, 1.54) is 12.0 Å². The maximum atomic E-state index is 5.03. The molecule has 6 nitrogen and oxygen atoms in total. The molecule has 0 radical (unpaired) electrons. The lowest BCUT2D eigenvalue weighted by Gasteiger charge is -2.08. The van der Waals surface area contributed by atoms with Crippen LogP contribution in [0.25, 0.3) is 0 Å². The van der Waals surface area contributed by atoms with E-state index in [4.69, 9.17) is 4.74 Å². The second-order valence-corrected chi connectivity index (χ2v) is 4.46. The van der Waals surface area contributed by atoms with Crippen molar-refractivity contribution < 1.29 is 4.74 Å². The Balaban J connectivity index is 2.26. The Bertz CT molecular complexity index is 541. The van der Waals surface area contributed by atoms with E-state index in [-0.39, 0.29) is 6.01 Å². The molecule has 100 valence electrons. The second-order valence-electron chi connectivity index (χ2n) is 3.58. The van der Waals surface area contributed by atoms with Crippen molar-refractivity contribution in [2.24, 2.45) is 0 Å². The van der Waals surface area contributed by atoms with Gasteiger partial charge in [-0.2, -0.15) is 15.0 Å². The molecule has 0 aliphatic rings. The number of nitrogens with zero attached hydrogens (tertiary/aromatic N) is 3. The van der Waals surface area contributed by atoms with Gasteiger partial charge in [0.25, 0.3) is 0 Å². The highest BCUT2D eigenvalue weighted by Gasteiger charge is 2.06. The standard InChI is InChI=1S/C12H15N5OS/c1-13-10-15-11(17-12(16-10)18-2)14-8-5-4-6-9(7-8)19-3/h4-7H,1-3H3,(H2,13,14,15,16,17). The molecule has 1 aromatic heterocycles. The first-order valence-electron chi connectivity index (χ1n) is 5.64. The molecule has 0 saturated heterocycles. The van der Waals surface area contributed by atoms with Crippen LogP contribution in [0.15, 0.2) is 29.2 Å². The first kappa shape index (κ1) is 13.4. The summed E-state index contributed by atoms with van der Waals surface area (Å²) in [4.78, 5) is 13.6. The average Bonchev–Trinajstić information content (AvgIpc) is 2.47. The molecule has 2 aromatic rings. The molecule has 0 bridgehead atoms. The van der Waals surface area contributed by atoms with Crippen LogP contribution < -0.4 is 15.4 Å². The van der Waals surface area contributed by atoms with Crippen LogP contribution in [0, 0.1) is 0 Å². The smallest absolute Gasteiger partial charge is 0.322 e. The maximum Gasteiger partial charge on any atom is 0.322 e. The summed E-state index contributed by atoms with van der Waals surface area (Å²) in [5.41, 5.74) is 0.919. The van der Waals surface area contributed by atoms with Crippen LogP contribution >= 0.6 is 11.8 Å². The van der Waals surface area contributed by atoms with E-state index in [1.807, 2.05) is 30.5 Å². The van der Waals surface area contributed by atoms with Crippen molar-refractivity contribution in [3.05, 3.63) is 24.3 Å². The Hall–Kier alpha value is -2.02. The van der Waals surface area contributed by atoms with Gasteiger partial charge in [0.05, 0.1) is 7.11 Å². The molecular weight excluding hydrogens is 262 g/mol. The summed E-state index contributed by atoms with van der Waals surface area (Å²) in [5.74, 6) is 0.893. The van der Waals surface area contributed by atoms with Gasteiger partial charge in [-0.05, 0) is 24.5 Å². The van der Waals surface area contributed by atoms with Gasteiger partial charge in [-0.15, -0.1) is 11.8 Å². The number of ether oxygens (including phenoxy) is 1. The summed E-state index contributed by atoms with van der Waals surface area (Å²) >= 11 is 1.68. The highest BCUT2D eigenvalue weighted by atomic mass is 32.2. The first-order chi connectivity index (χ1) is 9.25. The molecule has 0 saturated carbocycles. The van der Waals surface area contributed by atoms with Crippen LogP contribution in [0.2, 0.25) is 0 Å². The van der Waals surface area contributed by atoms with E-state index in [2.05, 4.69) is 25.6 Å². The normalized spacial score (nSPS) is 10.1. The third-order valence-electron chi connectivity index (χ3n) is 2.35. The fraction of sp³-hybridized carbons (Fsp3) is 0.250. The molecule has 0 fully saturated rings. The Morgan fingerprint density at radius 3 is 2.63 bits per heavy atom. The topological polar surface area (TPSA) is 72.0 Å². The van der Waals surface area contributed by atoms with Gasteiger partial charge in [-0.3, -0.25) is 0 Å². The van der Waals surface area contributed by atoms with Crippen molar-refractivity contribution in [1.29, 1.82) is 0 Å². The molecule has 0 aliphatic carbocycles. The van der Waals surface area contributed by atoms with Crippen molar-refractivity contribution in [1.82, 2.24) is 15.0 Å². The number of thioether (sulfide) groups is 1. The highest BCUT2D eigenvalue weighted by molar-refractivity contribution is 7.98. The van der Waals surface area contributed by atoms with E-state index >= 15 is 0 Å². The average molecular weight is 277 g/mol. The largest absolute Gasteiger partial charge is 0.467 e. The molecule has 19 heavy (non-hydrogen) atoms. The minimum atomic E-state index is 0.267. The Kier molecular flexibility index (Phi) is 4.40. The van der Waals surface area contributed by atoms with Crippen LogP contribution in [0.3, 0.4) is 0 Å². The monoisotopic (exact) mass is 277 g/mol. The molecule has 0 spiro atoms. The second kappa shape index (κ2) is 6.24. The molecule has 0 atom stereocenters. The van der Waals surface area contributed by atoms with Crippen molar-refractivity contribution in [2.75, 3.05) is 31.0 Å². The number of hydrogen-bond donors (Lipinski definition) is 2. The van der Waals surface area contributed by atoms with Gasteiger partial charge in [0.2, 0.25) is 11.9 Å². The number of benzene rings is 1. The lowest BCUT2D eigenvalue weighted by atomic mass is 10.3. The van der Waals surface area contributed by atoms with Gasteiger partial charge < -0.3 is 15.4 Å². The van der Waals surface area contributed by atoms with Gasteiger partial charge in [0.15, 0.2) is 0 Å². The van der Waals surface area contributed by atoms with Crippen molar-refractivity contribution in [2.45, 2.75) is 4.90 Å². The fourth-order valence-electron chi connectivity index (χ4n) is 1.45. The zero-order chi connectivity index (χ0) is 13.7. The lowest BCUT2D eigenvalue weighted by molar-refractivity contribution is 0.379. The van der Waals surface area contributed by atoms with E-state index in [0.717, 1.165) is 5.69 Å². The van der Waals surface area contributed by atoms with E-state index < -0.39 is 0 Å². The van der Waals surface area contributed by atoms with E-state index in [0.29, 0.717) is 11.9 Å². The van der Waals surface area contributed by atoms with Crippen LogP contribution in [-0.2, 0) is 0 Å². The first-order valence-corrected chi connectivity index (χ1v) is 6.86. The Morgan fingerprint density at radius 2 is 1.95 bits per heavy atom. The Morgan fingerprint density at radius 1 is 1.16 bits per heavy atom. The van der Waals surface area contributed by atoms with Crippen molar-refractivity contribution in [3.63, 3.8) is 0 Å². The summed E-state index contributed by atoms with van der Waals surface area (Å²) in [6.07, 6.45) is 2.03. The Labute approximate surface area is 116 Å². The highest BCUT2D eigenvalue weighted by Crippen LogP contribution is 2.21. The molecule has 2 rings (SSSR count). The van der Waals surface area contributed by atoms with E-state index in [1.54, 1.807) is 18.8 Å². The predicted octanol–water partition coefficient (Wildman–Crippen LogP) is 2.39. The maximum absolute atomic E-state index is 5.03. The molecule has 0 amide bonds. The van der Waals surface area contributed by atoms with E-state index in [9.17, 15) is 0 Å². The number of anilines is 3. The minimum Gasteiger partial charge on any atom is -0.467 e. The van der Waals surface area contributed by atoms with Gasteiger partial charge in [0, 0.05) is 17.6 Å². The summed E-state index contributed by atoms with van der Waals surface area (Å²) in [5, 5.41) is 6.00.